The van der Waals surface area contributed by atoms with Crippen LogP contribution in [0.4, 0.5) is 0 Å². The molecule has 3 nitrogen and oxygen atoms in total. The Labute approximate surface area is 89.2 Å². The maximum absolute atomic E-state index is 4.32. The van der Waals surface area contributed by atoms with Crippen molar-refractivity contribution in [3.63, 3.8) is 0 Å². The maximum atomic E-state index is 4.32. The average Bonchev–Trinajstić information content (AvgIpc) is 2.33. The molecular formula is C12H13N3. The highest BCUT2D eigenvalue weighted by atomic mass is 14.9. The first-order chi connectivity index (χ1) is 7.42. The second-order valence-corrected chi connectivity index (χ2v) is 3.23. The maximum Gasteiger partial charge on any atom is 0.0922 e. The molecule has 0 bridgehead atoms. The zero-order valence-corrected chi connectivity index (χ0v) is 8.59. The van der Waals surface area contributed by atoms with Crippen molar-refractivity contribution in [2.45, 2.75) is 6.04 Å². The normalized spacial score (nSPS) is 10.5. The monoisotopic (exact) mass is 199 g/mol. The summed E-state index contributed by atoms with van der Waals surface area (Å²) >= 11 is 0. The lowest BCUT2D eigenvalue weighted by atomic mass is 10.1. The molecule has 0 saturated carbocycles. The lowest BCUT2D eigenvalue weighted by Crippen LogP contribution is -2.19. The van der Waals surface area contributed by atoms with Crippen LogP contribution in [0.2, 0.25) is 0 Å². The van der Waals surface area contributed by atoms with Gasteiger partial charge in [-0.3, -0.25) is 9.97 Å². The van der Waals surface area contributed by atoms with E-state index < -0.39 is 0 Å². The lowest BCUT2D eigenvalue weighted by molar-refractivity contribution is 0.652. The first kappa shape index (κ1) is 9.80. The quantitative estimate of drug-likeness (QED) is 0.818. The summed E-state index contributed by atoms with van der Waals surface area (Å²) in [6, 6.07) is 11.8. The smallest absolute Gasteiger partial charge is 0.0922 e. The predicted molar refractivity (Wildman–Crippen MR) is 59.4 cm³/mol. The van der Waals surface area contributed by atoms with E-state index in [0.29, 0.717) is 0 Å². The molecule has 2 rings (SSSR count). The van der Waals surface area contributed by atoms with Crippen molar-refractivity contribution >= 4 is 0 Å². The molecule has 0 aromatic carbocycles. The van der Waals surface area contributed by atoms with E-state index in [-0.39, 0.29) is 6.04 Å². The van der Waals surface area contributed by atoms with Gasteiger partial charge in [-0.25, -0.2) is 0 Å². The lowest BCUT2D eigenvalue weighted by Gasteiger charge is -2.14. The van der Waals surface area contributed by atoms with Crippen LogP contribution < -0.4 is 5.32 Å². The zero-order valence-electron chi connectivity index (χ0n) is 8.59. The Hall–Kier alpha value is -1.74. The van der Waals surface area contributed by atoms with Gasteiger partial charge in [0.25, 0.3) is 0 Å². The minimum absolute atomic E-state index is 0.0624. The summed E-state index contributed by atoms with van der Waals surface area (Å²) in [4.78, 5) is 8.65. The molecule has 0 saturated heterocycles. The first-order valence-electron chi connectivity index (χ1n) is 4.91. The Bertz CT molecular complexity index is 360. The number of aromatic nitrogens is 2. The topological polar surface area (TPSA) is 37.8 Å². The highest BCUT2D eigenvalue weighted by Crippen LogP contribution is 2.16. The van der Waals surface area contributed by atoms with Gasteiger partial charge in [0.15, 0.2) is 0 Å². The average molecular weight is 199 g/mol. The number of nitrogens with zero attached hydrogens (tertiary/aromatic N) is 2. The molecule has 0 atom stereocenters. The molecule has 0 unspecified atom stereocenters. The van der Waals surface area contributed by atoms with Crippen molar-refractivity contribution in [3.8, 4) is 0 Å². The highest BCUT2D eigenvalue weighted by Gasteiger charge is 2.12. The van der Waals surface area contributed by atoms with Crippen molar-refractivity contribution < 1.29 is 0 Å². The summed E-state index contributed by atoms with van der Waals surface area (Å²) in [6.45, 7) is 0. The Morgan fingerprint density at radius 2 is 1.47 bits per heavy atom. The molecule has 1 N–H and O–H groups in total. The molecule has 0 aliphatic heterocycles. The third kappa shape index (κ3) is 2.19. The number of pyridine rings is 2. The van der Waals surface area contributed by atoms with Gasteiger partial charge in [0.1, 0.15) is 0 Å². The molecule has 3 heteroatoms. The van der Waals surface area contributed by atoms with Gasteiger partial charge in [-0.2, -0.15) is 0 Å². The van der Waals surface area contributed by atoms with Crippen molar-refractivity contribution in [2.24, 2.45) is 0 Å². The summed E-state index contributed by atoms with van der Waals surface area (Å²) in [5.74, 6) is 0. The van der Waals surface area contributed by atoms with Gasteiger partial charge in [0, 0.05) is 12.4 Å². The minimum atomic E-state index is 0.0624. The van der Waals surface area contributed by atoms with Crippen LogP contribution in [0, 0.1) is 0 Å². The van der Waals surface area contributed by atoms with Gasteiger partial charge in [-0.1, -0.05) is 12.1 Å². The van der Waals surface area contributed by atoms with Crippen molar-refractivity contribution in [3.05, 3.63) is 60.2 Å². The van der Waals surface area contributed by atoms with Gasteiger partial charge < -0.3 is 5.32 Å². The van der Waals surface area contributed by atoms with E-state index in [2.05, 4.69) is 15.3 Å². The molecule has 15 heavy (non-hydrogen) atoms. The second-order valence-electron chi connectivity index (χ2n) is 3.23. The fourth-order valence-electron chi connectivity index (χ4n) is 1.54. The first-order valence-corrected chi connectivity index (χ1v) is 4.91. The zero-order chi connectivity index (χ0) is 10.5. The number of nitrogens with one attached hydrogen (secondary N) is 1. The van der Waals surface area contributed by atoms with E-state index in [1.54, 1.807) is 12.4 Å². The fraction of sp³-hybridized carbons (Fsp3) is 0.167. The van der Waals surface area contributed by atoms with Crippen LogP contribution in [-0.2, 0) is 0 Å². The minimum Gasteiger partial charge on any atom is -0.307 e. The molecule has 2 heterocycles. The summed E-state index contributed by atoms with van der Waals surface area (Å²) in [7, 11) is 1.91. The van der Waals surface area contributed by atoms with Crippen LogP contribution in [0.15, 0.2) is 48.8 Å². The largest absolute Gasteiger partial charge is 0.307 e. The SMILES string of the molecule is CNC(c1ccccn1)c1ccccn1. The summed E-state index contributed by atoms with van der Waals surface area (Å²) in [5, 5.41) is 3.21. The third-order valence-electron chi connectivity index (χ3n) is 2.26. The molecule has 0 spiro atoms. The van der Waals surface area contributed by atoms with Gasteiger partial charge in [0.05, 0.1) is 17.4 Å². The van der Waals surface area contributed by atoms with Gasteiger partial charge >= 0.3 is 0 Å². The van der Waals surface area contributed by atoms with E-state index in [0.717, 1.165) is 11.4 Å². The summed E-state index contributed by atoms with van der Waals surface area (Å²) in [5.41, 5.74) is 1.97. The molecular weight excluding hydrogens is 186 g/mol. The van der Waals surface area contributed by atoms with E-state index >= 15 is 0 Å². The highest BCUT2D eigenvalue weighted by molar-refractivity contribution is 5.21. The van der Waals surface area contributed by atoms with E-state index in [4.69, 9.17) is 0 Å². The van der Waals surface area contributed by atoms with E-state index in [9.17, 15) is 0 Å². The molecule has 2 aromatic heterocycles. The van der Waals surface area contributed by atoms with Crippen molar-refractivity contribution in [2.75, 3.05) is 7.05 Å². The second kappa shape index (κ2) is 4.66. The Morgan fingerprint density at radius 1 is 0.933 bits per heavy atom. The van der Waals surface area contributed by atoms with E-state index in [1.807, 2.05) is 43.4 Å². The molecule has 0 aliphatic rings. The van der Waals surface area contributed by atoms with Crippen LogP contribution in [0.1, 0.15) is 17.4 Å². The van der Waals surface area contributed by atoms with E-state index in [1.165, 1.54) is 0 Å². The summed E-state index contributed by atoms with van der Waals surface area (Å²) in [6.07, 6.45) is 3.59. The molecule has 0 amide bonds. The van der Waals surface area contributed by atoms with Crippen LogP contribution in [-0.4, -0.2) is 17.0 Å². The fourth-order valence-corrected chi connectivity index (χ4v) is 1.54. The standard InChI is InChI=1S/C12H13N3/c1-13-12(10-6-2-4-8-14-10)11-7-3-5-9-15-11/h2-9,12-13H,1H3. The molecule has 0 fully saturated rings. The molecule has 76 valence electrons. The number of hydrogen-bond donors (Lipinski definition) is 1. The Morgan fingerprint density at radius 3 is 1.80 bits per heavy atom. The Kier molecular flexibility index (Phi) is 3.05. The van der Waals surface area contributed by atoms with Crippen LogP contribution >= 0.6 is 0 Å². The predicted octanol–water partition coefficient (Wildman–Crippen LogP) is 1.79. The van der Waals surface area contributed by atoms with Crippen LogP contribution in [0.25, 0.3) is 0 Å². The van der Waals surface area contributed by atoms with Gasteiger partial charge in [-0.15, -0.1) is 0 Å². The van der Waals surface area contributed by atoms with Crippen LogP contribution in [0.3, 0.4) is 0 Å². The number of hydrogen-bond acceptors (Lipinski definition) is 3. The summed E-state index contributed by atoms with van der Waals surface area (Å²) < 4.78 is 0. The molecule has 0 radical (unpaired) electrons. The third-order valence-corrected chi connectivity index (χ3v) is 2.26. The van der Waals surface area contributed by atoms with Crippen LogP contribution in [0.5, 0.6) is 0 Å². The van der Waals surface area contributed by atoms with Gasteiger partial charge in [0.2, 0.25) is 0 Å². The Balaban J connectivity index is 2.34. The molecule has 0 aliphatic carbocycles. The van der Waals surface area contributed by atoms with Crippen molar-refractivity contribution in [1.82, 2.24) is 15.3 Å². The molecule has 2 aromatic rings. The van der Waals surface area contributed by atoms with Crippen molar-refractivity contribution in [1.29, 1.82) is 0 Å². The van der Waals surface area contributed by atoms with Gasteiger partial charge in [-0.05, 0) is 31.3 Å². The number of rotatable bonds is 3.